The predicted molar refractivity (Wildman–Crippen MR) is 131 cm³/mol. The first-order valence-electron chi connectivity index (χ1n) is 11.1. The summed E-state index contributed by atoms with van der Waals surface area (Å²) in [5.74, 6) is 0.173. The van der Waals surface area contributed by atoms with Gasteiger partial charge in [-0.2, -0.15) is 5.10 Å². The zero-order valence-corrected chi connectivity index (χ0v) is 19.0. The van der Waals surface area contributed by atoms with Gasteiger partial charge in [0.15, 0.2) is 5.72 Å². The minimum Gasteiger partial charge on any atom is -0.497 e. The molecule has 0 saturated heterocycles. The van der Waals surface area contributed by atoms with Crippen LogP contribution in [0.2, 0.25) is 0 Å². The van der Waals surface area contributed by atoms with Crippen molar-refractivity contribution in [3.8, 4) is 16.9 Å². The van der Waals surface area contributed by atoms with Gasteiger partial charge in [-0.05, 0) is 42.3 Å². The van der Waals surface area contributed by atoms with E-state index in [1.165, 1.54) is 4.68 Å². The van der Waals surface area contributed by atoms with Gasteiger partial charge in [0.25, 0.3) is 0 Å². The van der Waals surface area contributed by atoms with Crippen LogP contribution in [-0.4, -0.2) is 27.9 Å². The topological polar surface area (TPSA) is 88.4 Å². The number of amides is 1. The van der Waals surface area contributed by atoms with Crippen molar-refractivity contribution < 1.29 is 14.6 Å². The molecular formula is C27H26N4O3. The molecular weight excluding hydrogens is 428 g/mol. The van der Waals surface area contributed by atoms with Crippen LogP contribution in [-0.2, 0) is 10.5 Å². The molecule has 0 spiro atoms. The van der Waals surface area contributed by atoms with Crippen LogP contribution in [0.3, 0.4) is 0 Å². The van der Waals surface area contributed by atoms with Crippen LogP contribution >= 0.6 is 0 Å². The van der Waals surface area contributed by atoms with E-state index in [1.54, 1.807) is 44.5 Å². The summed E-state index contributed by atoms with van der Waals surface area (Å²) in [7, 11) is 1.59. The van der Waals surface area contributed by atoms with E-state index in [4.69, 9.17) is 4.74 Å². The van der Waals surface area contributed by atoms with Crippen LogP contribution in [0.5, 0.6) is 5.75 Å². The SMILES string of the molecule is COc1ccc(NC(=O)[C@@H]2[C@H](c3ccccc3)Nc3c(-c4ccccc4)cnn3[C@]2(C)O)cc1. The standard InChI is InChI=1S/C27H26N4O3/c1-27(33)23(26(32)29-20-13-15-21(34-2)16-14-20)24(19-11-7-4-8-12-19)30-25-22(17-28-31(25)27)18-9-5-3-6-10-18/h3-17,23-24,30,33H,1-2H3,(H,29,32)/t23-,24-,27+/m0/s1. The Bertz CT molecular complexity index is 1280. The van der Waals surface area contributed by atoms with Gasteiger partial charge in [-0.3, -0.25) is 4.79 Å². The molecule has 3 N–H and O–H groups in total. The van der Waals surface area contributed by atoms with Crippen molar-refractivity contribution in [3.05, 3.63) is 96.7 Å². The highest BCUT2D eigenvalue weighted by Gasteiger charge is 2.50. The summed E-state index contributed by atoms with van der Waals surface area (Å²) in [6.07, 6.45) is 1.72. The molecule has 1 aromatic heterocycles. The van der Waals surface area contributed by atoms with E-state index in [2.05, 4.69) is 15.7 Å². The Morgan fingerprint density at radius 2 is 1.68 bits per heavy atom. The van der Waals surface area contributed by atoms with Crippen molar-refractivity contribution in [2.75, 3.05) is 17.7 Å². The van der Waals surface area contributed by atoms with E-state index in [1.807, 2.05) is 60.7 Å². The number of hydrogen-bond acceptors (Lipinski definition) is 5. The zero-order chi connectivity index (χ0) is 23.7. The molecule has 1 aliphatic rings. The predicted octanol–water partition coefficient (Wildman–Crippen LogP) is 4.65. The third-order valence-electron chi connectivity index (χ3n) is 6.30. The van der Waals surface area contributed by atoms with Gasteiger partial charge < -0.3 is 20.5 Å². The third-order valence-corrected chi connectivity index (χ3v) is 6.30. The number of ether oxygens (including phenoxy) is 1. The molecule has 2 heterocycles. The average Bonchev–Trinajstić information content (AvgIpc) is 3.30. The number of aliphatic hydroxyl groups is 1. The third kappa shape index (κ3) is 3.80. The quantitative estimate of drug-likeness (QED) is 0.409. The number of carbonyl (C=O) groups excluding carboxylic acids is 1. The van der Waals surface area contributed by atoms with E-state index in [-0.39, 0.29) is 5.91 Å². The van der Waals surface area contributed by atoms with Crippen LogP contribution in [0.15, 0.2) is 91.1 Å². The zero-order valence-electron chi connectivity index (χ0n) is 19.0. The molecule has 0 fully saturated rings. The van der Waals surface area contributed by atoms with E-state index in [0.717, 1.165) is 16.7 Å². The fourth-order valence-corrected chi connectivity index (χ4v) is 4.57. The van der Waals surface area contributed by atoms with Gasteiger partial charge in [0, 0.05) is 11.3 Å². The largest absolute Gasteiger partial charge is 0.497 e. The Morgan fingerprint density at radius 3 is 2.32 bits per heavy atom. The summed E-state index contributed by atoms with van der Waals surface area (Å²) in [5.41, 5.74) is 1.74. The fourth-order valence-electron chi connectivity index (χ4n) is 4.57. The fraction of sp³-hybridized carbons (Fsp3) is 0.185. The van der Waals surface area contributed by atoms with Crippen molar-refractivity contribution in [2.45, 2.75) is 18.7 Å². The number of rotatable bonds is 5. The number of fused-ring (bicyclic) bond motifs is 1. The maximum atomic E-state index is 13.6. The van der Waals surface area contributed by atoms with Crippen LogP contribution in [0.4, 0.5) is 11.5 Å². The molecule has 34 heavy (non-hydrogen) atoms. The second-order valence-corrected chi connectivity index (χ2v) is 8.51. The molecule has 0 radical (unpaired) electrons. The van der Waals surface area contributed by atoms with Gasteiger partial charge in [0.05, 0.1) is 19.3 Å². The molecule has 0 unspecified atom stereocenters. The lowest BCUT2D eigenvalue weighted by Crippen LogP contribution is -2.53. The number of hydrogen-bond donors (Lipinski definition) is 3. The van der Waals surface area contributed by atoms with Gasteiger partial charge in [-0.25, -0.2) is 4.68 Å². The number of benzene rings is 3. The average molecular weight is 455 g/mol. The molecule has 7 heteroatoms. The lowest BCUT2D eigenvalue weighted by molar-refractivity contribution is -0.143. The number of anilines is 2. The first-order chi connectivity index (χ1) is 16.5. The summed E-state index contributed by atoms with van der Waals surface area (Å²) in [6, 6.07) is 26.2. The molecule has 0 bridgehead atoms. The monoisotopic (exact) mass is 454 g/mol. The van der Waals surface area contributed by atoms with Gasteiger partial charge in [0.2, 0.25) is 5.91 Å². The first kappa shape index (κ1) is 21.7. The summed E-state index contributed by atoms with van der Waals surface area (Å²) in [5, 5.41) is 22.7. The van der Waals surface area contributed by atoms with Crippen molar-refractivity contribution in [2.24, 2.45) is 5.92 Å². The molecule has 3 aromatic carbocycles. The number of aromatic nitrogens is 2. The van der Waals surface area contributed by atoms with Crippen molar-refractivity contribution in [1.29, 1.82) is 0 Å². The maximum Gasteiger partial charge on any atom is 0.234 e. The Balaban J connectivity index is 1.57. The minimum atomic E-state index is -1.59. The molecule has 1 aliphatic heterocycles. The molecule has 0 aliphatic carbocycles. The summed E-state index contributed by atoms with van der Waals surface area (Å²) < 4.78 is 6.71. The van der Waals surface area contributed by atoms with Gasteiger partial charge in [-0.1, -0.05) is 60.7 Å². The number of nitrogens with zero attached hydrogens (tertiary/aromatic N) is 2. The molecule has 7 nitrogen and oxygen atoms in total. The summed E-state index contributed by atoms with van der Waals surface area (Å²) in [4.78, 5) is 13.6. The Morgan fingerprint density at radius 1 is 1.03 bits per heavy atom. The lowest BCUT2D eigenvalue weighted by Gasteiger charge is -2.43. The first-order valence-corrected chi connectivity index (χ1v) is 11.1. The Kier molecular flexibility index (Phi) is 5.55. The molecule has 172 valence electrons. The van der Waals surface area contributed by atoms with Crippen molar-refractivity contribution in [1.82, 2.24) is 9.78 Å². The summed E-state index contributed by atoms with van der Waals surface area (Å²) >= 11 is 0. The highest BCUT2D eigenvalue weighted by molar-refractivity contribution is 5.94. The molecule has 4 aromatic rings. The number of nitrogens with one attached hydrogen (secondary N) is 2. The van der Waals surface area contributed by atoms with Crippen LogP contribution in [0, 0.1) is 5.92 Å². The number of carbonyl (C=O) groups is 1. The van der Waals surface area contributed by atoms with Crippen LogP contribution < -0.4 is 15.4 Å². The van der Waals surface area contributed by atoms with Crippen molar-refractivity contribution in [3.63, 3.8) is 0 Å². The summed E-state index contributed by atoms with van der Waals surface area (Å²) in [6.45, 7) is 1.63. The van der Waals surface area contributed by atoms with E-state index in [9.17, 15) is 9.90 Å². The Labute approximate surface area is 198 Å². The minimum absolute atomic E-state index is 0.320. The molecule has 0 saturated carbocycles. The van der Waals surface area contributed by atoms with Gasteiger partial charge >= 0.3 is 0 Å². The smallest absolute Gasteiger partial charge is 0.234 e. The van der Waals surface area contributed by atoms with E-state index < -0.39 is 17.7 Å². The maximum absolute atomic E-state index is 13.6. The second-order valence-electron chi connectivity index (χ2n) is 8.51. The highest BCUT2D eigenvalue weighted by atomic mass is 16.5. The molecule has 1 amide bonds. The number of methoxy groups -OCH3 is 1. The van der Waals surface area contributed by atoms with E-state index >= 15 is 0 Å². The Hall–Kier alpha value is -4.10. The molecule has 3 atom stereocenters. The van der Waals surface area contributed by atoms with E-state index in [0.29, 0.717) is 17.3 Å². The van der Waals surface area contributed by atoms with Crippen LogP contribution in [0.1, 0.15) is 18.5 Å². The van der Waals surface area contributed by atoms with Gasteiger partial charge in [-0.15, -0.1) is 0 Å². The van der Waals surface area contributed by atoms with Crippen molar-refractivity contribution >= 4 is 17.4 Å². The van der Waals surface area contributed by atoms with Crippen LogP contribution in [0.25, 0.3) is 11.1 Å². The lowest BCUT2D eigenvalue weighted by atomic mass is 9.82. The normalized spacial score (nSPS) is 21.3. The second kappa shape index (κ2) is 8.68. The van der Waals surface area contributed by atoms with Gasteiger partial charge in [0.1, 0.15) is 17.5 Å². The molecule has 5 rings (SSSR count). The highest BCUT2D eigenvalue weighted by Crippen LogP contribution is 2.46.